The van der Waals surface area contributed by atoms with E-state index in [1.165, 1.54) is 0 Å². The number of aryl methyl sites for hydroxylation is 1. The van der Waals surface area contributed by atoms with Gasteiger partial charge < -0.3 is 15.0 Å². The zero-order valence-corrected chi connectivity index (χ0v) is 11.2. The van der Waals surface area contributed by atoms with Gasteiger partial charge in [-0.05, 0) is 25.5 Å². The lowest BCUT2D eigenvalue weighted by Gasteiger charge is -2.06. The first-order chi connectivity index (χ1) is 9.22. The summed E-state index contributed by atoms with van der Waals surface area (Å²) in [4.78, 5) is 8.48. The Kier molecular flexibility index (Phi) is 4.59. The van der Waals surface area contributed by atoms with Crippen molar-refractivity contribution in [2.24, 2.45) is 5.73 Å². The van der Waals surface area contributed by atoms with Gasteiger partial charge in [0.15, 0.2) is 5.82 Å². The Hall–Kier alpha value is -1.79. The molecule has 6 heteroatoms. The van der Waals surface area contributed by atoms with Crippen molar-refractivity contribution in [1.82, 2.24) is 15.1 Å². The van der Waals surface area contributed by atoms with E-state index in [9.17, 15) is 0 Å². The molecule has 0 aromatic carbocycles. The maximum atomic E-state index is 5.94. The summed E-state index contributed by atoms with van der Waals surface area (Å²) >= 11 is 0. The molecule has 0 radical (unpaired) electrons. The third-order valence-electron chi connectivity index (χ3n) is 2.66. The van der Waals surface area contributed by atoms with Crippen molar-refractivity contribution in [3.05, 3.63) is 29.8 Å². The summed E-state index contributed by atoms with van der Waals surface area (Å²) in [6.45, 7) is 5.01. The third-order valence-corrected chi connectivity index (χ3v) is 2.66. The normalized spacial score (nSPS) is 12.6. The summed E-state index contributed by atoms with van der Waals surface area (Å²) in [6.07, 6.45) is 2.68. The van der Waals surface area contributed by atoms with E-state index in [0.29, 0.717) is 24.9 Å². The molecule has 102 valence electrons. The van der Waals surface area contributed by atoms with Gasteiger partial charge in [0, 0.05) is 18.5 Å². The van der Waals surface area contributed by atoms with Gasteiger partial charge in [-0.25, -0.2) is 0 Å². The highest BCUT2D eigenvalue weighted by molar-refractivity contribution is 5.55. The van der Waals surface area contributed by atoms with Crippen LogP contribution in [0.1, 0.15) is 30.9 Å². The summed E-state index contributed by atoms with van der Waals surface area (Å²) < 4.78 is 10.6. The van der Waals surface area contributed by atoms with Crippen LogP contribution in [0.4, 0.5) is 0 Å². The molecule has 0 aliphatic rings. The van der Waals surface area contributed by atoms with Gasteiger partial charge >= 0.3 is 0 Å². The van der Waals surface area contributed by atoms with Crippen LogP contribution >= 0.6 is 0 Å². The highest BCUT2D eigenvalue weighted by atomic mass is 16.5. The minimum atomic E-state index is -0.374. The van der Waals surface area contributed by atoms with Gasteiger partial charge in [0.2, 0.25) is 0 Å². The van der Waals surface area contributed by atoms with E-state index < -0.39 is 0 Å². The van der Waals surface area contributed by atoms with Gasteiger partial charge in [0.05, 0.1) is 18.2 Å². The van der Waals surface area contributed by atoms with Crippen LogP contribution in [0.3, 0.4) is 0 Å². The average molecular weight is 262 g/mol. The molecule has 0 spiro atoms. The summed E-state index contributed by atoms with van der Waals surface area (Å²) in [7, 11) is 0. The molecule has 2 rings (SSSR count). The molecule has 0 bridgehead atoms. The molecule has 2 heterocycles. The zero-order valence-electron chi connectivity index (χ0n) is 11.2. The predicted octanol–water partition coefficient (Wildman–Crippen LogP) is 1.87. The van der Waals surface area contributed by atoms with Crippen molar-refractivity contribution in [1.29, 1.82) is 0 Å². The fourth-order valence-electron chi connectivity index (χ4n) is 1.63. The first kappa shape index (κ1) is 13.6. The van der Waals surface area contributed by atoms with Crippen LogP contribution in [0, 0.1) is 6.92 Å². The molecule has 0 fully saturated rings. The second-order valence-corrected chi connectivity index (χ2v) is 4.28. The minimum Gasteiger partial charge on any atom is -0.379 e. The fourth-order valence-corrected chi connectivity index (χ4v) is 1.63. The lowest BCUT2D eigenvalue weighted by molar-refractivity contribution is 0.119. The summed E-state index contributed by atoms with van der Waals surface area (Å²) in [5.74, 6) is 0.890. The Morgan fingerprint density at radius 3 is 3.05 bits per heavy atom. The highest BCUT2D eigenvalue weighted by Crippen LogP contribution is 2.20. The number of hydrogen-bond donors (Lipinski definition) is 1. The molecule has 19 heavy (non-hydrogen) atoms. The van der Waals surface area contributed by atoms with Crippen LogP contribution in [0.25, 0.3) is 11.5 Å². The molecular formula is C13H18N4O2. The molecule has 6 nitrogen and oxygen atoms in total. The SMILES string of the molecule is CCCOCC(N)c1noc(-c2cccnc2C)n1. The quantitative estimate of drug-likeness (QED) is 0.799. The van der Waals surface area contributed by atoms with Gasteiger partial charge in [-0.3, -0.25) is 4.98 Å². The lowest BCUT2D eigenvalue weighted by atomic mass is 10.2. The minimum absolute atomic E-state index is 0.374. The van der Waals surface area contributed by atoms with Crippen molar-refractivity contribution >= 4 is 0 Å². The van der Waals surface area contributed by atoms with E-state index >= 15 is 0 Å². The van der Waals surface area contributed by atoms with Crippen LogP contribution < -0.4 is 5.73 Å². The van der Waals surface area contributed by atoms with Crippen LogP contribution in [0.15, 0.2) is 22.9 Å². The number of nitrogens with two attached hydrogens (primary N) is 1. The van der Waals surface area contributed by atoms with Crippen molar-refractivity contribution in [2.75, 3.05) is 13.2 Å². The van der Waals surface area contributed by atoms with Gasteiger partial charge in [0.1, 0.15) is 0 Å². The topological polar surface area (TPSA) is 87.1 Å². The molecule has 0 saturated heterocycles. The molecule has 0 saturated carbocycles. The van der Waals surface area contributed by atoms with Crippen LogP contribution in [-0.2, 0) is 4.74 Å². The Morgan fingerprint density at radius 1 is 1.47 bits per heavy atom. The smallest absolute Gasteiger partial charge is 0.259 e. The average Bonchev–Trinajstić information content (AvgIpc) is 2.89. The molecule has 2 aromatic rings. The number of nitrogens with zero attached hydrogens (tertiary/aromatic N) is 3. The predicted molar refractivity (Wildman–Crippen MR) is 70.3 cm³/mol. The molecule has 2 aromatic heterocycles. The summed E-state index contributed by atoms with van der Waals surface area (Å²) in [6, 6.07) is 3.34. The van der Waals surface area contributed by atoms with Crippen molar-refractivity contribution in [2.45, 2.75) is 26.3 Å². The van der Waals surface area contributed by atoms with Crippen molar-refractivity contribution in [3.63, 3.8) is 0 Å². The Labute approximate surface area is 112 Å². The third kappa shape index (κ3) is 3.36. The van der Waals surface area contributed by atoms with Crippen LogP contribution in [0.2, 0.25) is 0 Å². The largest absolute Gasteiger partial charge is 0.379 e. The standard InChI is InChI=1S/C13H18N4O2/c1-3-7-18-8-11(14)12-16-13(19-17-12)10-5-4-6-15-9(10)2/h4-6,11H,3,7-8,14H2,1-2H3. The maximum absolute atomic E-state index is 5.94. The molecule has 0 amide bonds. The van der Waals surface area contributed by atoms with Gasteiger partial charge in [0.25, 0.3) is 5.89 Å². The molecule has 0 aliphatic heterocycles. The van der Waals surface area contributed by atoms with E-state index in [1.54, 1.807) is 6.20 Å². The summed E-state index contributed by atoms with van der Waals surface area (Å²) in [5, 5.41) is 3.89. The van der Waals surface area contributed by atoms with E-state index in [4.69, 9.17) is 15.0 Å². The van der Waals surface area contributed by atoms with E-state index in [1.807, 2.05) is 26.0 Å². The maximum Gasteiger partial charge on any atom is 0.259 e. The second-order valence-electron chi connectivity index (χ2n) is 4.28. The van der Waals surface area contributed by atoms with Crippen molar-refractivity contribution < 1.29 is 9.26 Å². The Bertz CT molecular complexity index is 527. The number of rotatable bonds is 6. The van der Waals surface area contributed by atoms with E-state index in [2.05, 4.69) is 15.1 Å². The fraction of sp³-hybridized carbons (Fsp3) is 0.462. The molecule has 0 aliphatic carbocycles. The Morgan fingerprint density at radius 2 is 2.32 bits per heavy atom. The number of aromatic nitrogens is 3. The van der Waals surface area contributed by atoms with Gasteiger partial charge in [-0.15, -0.1) is 0 Å². The van der Waals surface area contributed by atoms with E-state index in [0.717, 1.165) is 17.7 Å². The van der Waals surface area contributed by atoms with Crippen LogP contribution in [-0.4, -0.2) is 28.3 Å². The monoisotopic (exact) mass is 262 g/mol. The number of hydrogen-bond acceptors (Lipinski definition) is 6. The highest BCUT2D eigenvalue weighted by Gasteiger charge is 2.16. The van der Waals surface area contributed by atoms with Gasteiger partial charge in [-0.1, -0.05) is 12.1 Å². The first-order valence-corrected chi connectivity index (χ1v) is 6.31. The Balaban J connectivity index is 2.09. The zero-order chi connectivity index (χ0) is 13.7. The molecular weight excluding hydrogens is 244 g/mol. The first-order valence-electron chi connectivity index (χ1n) is 6.31. The molecule has 1 atom stereocenters. The van der Waals surface area contributed by atoms with E-state index in [-0.39, 0.29) is 6.04 Å². The molecule has 2 N–H and O–H groups in total. The lowest BCUT2D eigenvalue weighted by Crippen LogP contribution is -2.18. The van der Waals surface area contributed by atoms with Gasteiger partial charge in [-0.2, -0.15) is 4.98 Å². The van der Waals surface area contributed by atoms with Crippen LogP contribution in [0.5, 0.6) is 0 Å². The van der Waals surface area contributed by atoms with Crippen molar-refractivity contribution in [3.8, 4) is 11.5 Å². The number of ether oxygens (including phenoxy) is 1. The number of pyridine rings is 1. The molecule has 1 unspecified atom stereocenters. The summed E-state index contributed by atoms with van der Waals surface area (Å²) in [5.41, 5.74) is 7.60. The second kappa shape index (κ2) is 6.40.